The summed E-state index contributed by atoms with van der Waals surface area (Å²) in [7, 11) is 6.28. The zero-order valence-electron chi connectivity index (χ0n) is 17.9. The van der Waals surface area contributed by atoms with Gasteiger partial charge in [-0.25, -0.2) is 0 Å². The molecule has 0 saturated heterocycles. The normalized spacial score (nSPS) is 10.2. The standard InChI is InChI=1S/C24H25NO6/c1-27-18-6-5-7-20(13-18)31-15-17-12-16(8-11-22(17)29-3)24(26)25-21-10-9-19(28-2)14-23(21)30-4/h5-14H,15H2,1-4H3,(H,25,26). The molecule has 7 nitrogen and oxygen atoms in total. The first-order valence-electron chi connectivity index (χ1n) is 9.55. The molecule has 1 amide bonds. The highest BCUT2D eigenvalue weighted by Crippen LogP contribution is 2.30. The predicted octanol–water partition coefficient (Wildman–Crippen LogP) is 4.55. The van der Waals surface area contributed by atoms with Gasteiger partial charge in [-0.3, -0.25) is 4.79 Å². The quantitative estimate of drug-likeness (QED) is 0.544. The first-order valence-corrected chi connectivity index (χ1v) is 9.55. The number of carbonyl (C=O) groups excluding carboxylic acids is 1. The van der Waals surface area contributed by atoms with Gasteiger partial charge in [-0.1, -0.05) is 6.07 Å². The highest BCUT2D eigenvalue weighted by molar-refractivity contribution is 6.05. The number of rotatable bonds is 9. The highest BCUT2D eigenvalue weighted by Gasteiger charge is 2.14. The van der Waals surface area contributed by atoms with Crippen LogP contribution in [0.4, 0.5) is 5.69 Å². The molecule has 0 bridgehead atoms. The van der Waals surface area contributed by atoms with Crippen LogP contribution in [0.3, 0.4) is 0 Å². The molecule has 0 aliphatic heterocycles. The van der Waals surface area contributed by atoms with Crippen molar-refractivity contribution in [2.75, 3.05) is 33.8 Å². The van der Waals surface area contributed by atoms with Gasteiger partial charge in [0.05, 0.1) is 34.1 Å². The van der Waals surface area contributed by atoms with Gasteiger partial charge in [0.2, 0.25) is 0 Å². The number of nitrogens with one attached hydrogen (secondary N) is 1. The molecule has 0 spiro atoms. The Labute approximate surface area is 181 Å². The third-order valence-electron chi connectivity index (χ3n) is 4.64. The van der Waals surface area contributed by atoms with Crippen molar-refractivity contribution >= 4 is 11.6 Å². The number of carbonyl (C=O) groups is 1. The molecule has 3 rings (SSSR count). The van der Waals surface area contributed by atoms with Crippen molar-refractivity contribution in [3.8, 4) is 28.7 Å². The number of methoxy groups -OCH3 is 4. The van der Waals surface area contributed by atoms with Crippen LogP contribution in [0.5, 0.6) is 28.7 Å². The van der Waals surface area contributed by atoms with Gasteiger partial charge in [-0.15, -0.1) is 0 Å². The van der Waals surface area contributed by atoms with E-state index in [2.05, 4.69) is 5.32 Å². The van der Waals surface area contributed by atoms with E-state index >= 15 is 0 Å². The maximum atomic E-state index is 12.9. The number of amides is 1. The molecular weight excluding hydrogens is 398 g/mol. The van der Waals surface area contributed by atoms with Crippen LogP contribution < -0.4 is 29.0 Å². The molecule has 3 aromatic carbocycles. The Morgan fingerprint density at radius 3 is 2.16 bits per heavy atom. The zero-order valence-corrected chi connectivity index (χ0v) is 17.9. The van der Waals surface area contributed by atoms with Gasteiger partial charge in [0.1, 0.15) is 35.4 Å². The van der Waals surface area contributed by atoms with Crippen molar-refractivity contribution in [2.45, 2.75) is 6.61 Å². The molecule has 31 heavy (non-hydrogen) atoms. The van der Waals surface area contributed by atoms with Crippen molar-refractivity contribution in [3.63, 3.8) is 0 Å². The zero-order chi connectivity index (χ0) is 22.2. The average Bonchev–Trinajstić information content (AvgIpc) is 2.82. The first kappa shape index (κ1) is 21.8. The van der Waals surface area contributed by atoms with Crippen LogP contribution in [0, 0.1) is 0 Å². The molecule has 1 N–H and O–H groups in total. The van der Waals surface area contributed by atoms with Crippen LogP contribution in [0.25, 0.3) is 0 Å². The summed E-state index contributed by atoms with van der Waals surface area (Å²) in [6.45, 7) is 0.226. The van der Waals surface area contributed by atoms with Gasteiger partial charge in [0, 0.05) is 23.3 Å². The average molecular weight is 423 g/mol. The fourth-order valence-electron chi connectivity index (χ4n) is 2.98. The van der Waals surface area contributed by atoms with E-state index in [1.54, 1.807) is 63.8 Å². The van der Waals surface area contributed by atoms with Crippen molar-refractivity contribution in [2.24, 2.45) is 0 Å². The van der Waals surface area contributed by atoms with Gasteiger partial charge >= 0.3 is 0 Å². The van der Waals surface area contributed by atoms with E-state index in [4.69, 9.17) is 23.7 Å². The molecule has 0 saturated carbocycles. The molecule has 0 aromatic heterocycles. The number of hydrogen-bond donors (Lipinski definition) is 1. The van der Waals surface area contributed by atoms with E-state index in [-0.39, 0.29) is 12.5 Å². The fourth-order valence-corrected chi connectivity index (χ4v) is 2.98. The smallest absolute Gasteiger partial charge is 0.255 e. The van der Waals surface area contributed by atoms with Crippen LogP contribution in [0.2, 0.25) is 0 Å². The lowest BCUT2D eigenvalue weighted by Gasteiger charge is -2.14. The molecule has 0 aliphatic carbocycles. The number of ether oxygens (including phenoxy) is 5. The number of benzene rings is 3. The third kappa shape index (κ3) is 5.39. The van der Waals surface area contributed by atoms with Gasteiger partial charge in [-0.05, 0) is 42.5 Å². The third-order valence-corrected chi connectivity index (χ3v) is 4.64. The summed E-state index contributed by atoms with van der Waals surface area (Å²) in [4.78, 5) is 12.9. The maximum absolute atomic E-state index is 12.9. The second kappa shape index (κ2) is 10.2. The first-order chi connectivity index (χ1) is 15.1. The molecule has 0 fully saturated rings. The molecule has 162 valence electrons. The minimum absolute atomic E-state index is 0.226. The lowest BCUT2D eigenvalue weighted by molar-refractivity contribution is 0.102. The monoisotopic (exact) mass is 423 g/mol. The van der Waals surface area contributed by atoms with E-state index < -0.39 is 0 Å². The van der Waals surface area contributed by atoms with Crippen molar-refractivity contribution in [1.29, 1.82) is 0 Å². The molecule has 0 atom stereocenters. The van der Waals surface area contributed by atoms with Crippen molar-refractivity contribution in [3.05, 3.63) is 71.8 Å². The Morgan fingerprint density at radius 2 is 1.45 bits per heavy atom. The second-order valence-electron chi connectivity index (χ2n) is 6.51. The fraction of sp³-hybridized carbons (Fsp3) is 0.208. The van der Waals surface area contributed by atoms with Crippen LogP contribution in [0.15, 0.2) is 60.7 Å². The van der Waals surface area contributed by atoms with Crippen molar-refractivity contribution < 1.29 is 28.5 Å². The molecule has 0 aliphatic rings. The Hall–Kier alpha value is -3.87. The summed E-state index contributed by atoms with van der Waals surface area (Å²) >= 11 is 0. The summed E-state index contributed by atoms with van der Waals surface area (Å²) in [5.41, 5.74) is 1.74. The molecule has 3 aromatic rings. The summed E-state index contributed by atoms with van der Waals surface area (Å²) in [5, 5.41) is 2.86. The molecular formula is C24H25NO6. The van der Waals surface area contributed by atoms with Crippen LogP contribution in [-0.2, 0) is 6.61 Å². The largest absolute Gasteiger partial charge is 0.497 e. The molecule has 0 radical (unpaired) electrons. The Balaban J connectivity index is 1.78. The van der Waals surface area contributed by atoms with Crippen molar-refractivity contribution in [1.82, 2.24) is 0 Å². The highest BCUT2D eigenvalue weighted by atomic mass is 16.5. The predicted molar refractivity (Wildman–Crippen MR) is 118 cm³/mol. The van der Waals surface area contributed by atoms with Crippen LogP contribution in [0.1, 0.15) is 15.9 Å². The maximum Gasteiger partial charge on any atom is 0.255 e. The summed E-state index contributed by atoms with van der Waals surface area (Å²) < 4.78 is 27.0. The lowest BCUT2D eigenvalue weighted by Crippen LogP contribution is -2.13. The minimum Gasteiger partial charge on any atom is -0.497 e. The van der Waals surface area contributed by atoms with Gasteiger partial charge in [-0.2, -0.15) is 0 Å². The lowest BCUT2D eigenvalue weighted by atomic mass is 10.1. The SMILES string of the molecule is COc1cccc(OCc2cc(C(=O)Nc3ccc(OC)cc3OC)ccc2OC)c1. The molecule has 0 unspecified atom stereocenters. The summed E-state index contributed by atoms with van der Waals surface area (Å²) in [6, 6.07) is 17.7. The van der Waals surface area contributed by atoms with Gasteiger partial charge in [0.25, 0.3) is 5.91 Å². The Morgan fingerprint density at radius 1 is 0.742 bits per heavy atom. The van der Waals surface area contributed by atoms with Crippen LogP contribution >= 0.6 is 0 Å². The Kier molecular flexibility index (Phi) is 7.22. The van der Waals surface area contributed by atoms with Crippen LogP contribution in [-0.4, -0.2) is 34.3 Å². The van der Waals surface area contributed by atoms with E-state index in [9.17, 15) is 4.79 Å². The summed E-state index contributed by atoms with van der Waals surface area (Å²) in [5.74, 6) is 2.83. The minimum atomic E-state index is -0.284. The number of hydrogen-bond acceptors (Lipinski definition) is 6. The van der Waals surface area contributed by atoms with Gasteiger partial charge < -0.3 is 29.0 Å². The van der Waals surface area contributed by atoms with E-state index in [1.165, 1.54) is 7.11 Å². The van der Waals surface area contributed by atoms with Gasteiger partial charge in [0.15, 0.2) is 0 Å². The Bertz CT molecular complexity index is 1050. The van der Waals surface area contributed by atoms with E-state index in [0.29, 0.717) is 40.0 Å². The molecule has 0 heterocycles. The van der Waals surface area contributed by atoms with E-state index in [1.807, 2.05) is 18.2 Å². The second-order valence-corrected chi connectivity index (χ2v) is 6.51. The topological polar surface area (TPSA) is 75.3 Å². The molecule has 7 heteroatoms. The van der Waals surface area contributed by atoms with E-state index in [0.717, 1.165) is 5.56 Å². The summed E-state index contributed by atoms with van der Waals surface area (Å²) in [6.07, 6.45) is 0. The number of anilines is 1.